The van der Waals surface area contributed by atoms with Gasteiger partial charge in [0.15, 0.2) is 0 Å². The maximum absolute atomic E-state index is 12.2. The van der Waals surface area contributed by atoms with Gasteiger partial charge in [0.1, 0.15) is 0 Å². The summed E-state index contributed by atoms with van der Waals surface area (Å²) in [6, 6.07) is 11.3. The van der Waals surface area contributed by atoms with E-state index in [2.05, 4.69) is 17.2 Å². The number of nitrogens with two attached hydrogens (primary N) is 1. The quantitative estimate of drug-likeness (QED) is 0.693. The summed E-state index contributed by atoms with van der Waals surface area (Å²) in [5.74, 6) is -1.31. The fourth-order valence-corrected chi connectivity index (χ4v) is 2.28. The largest absolute Gasteiger partial charge is 0.366 e. The van der Waals surface area contributed by atoms with E-state index < -0.39 is 5.91 Å². The molecule has 0 bridgehead atoms. The molecule has 0 aliphatic rings. The number of carbonyl (C=O) groups is 3. The van der Waals surface area contributed by atoms with Crippen molar-refractivity contribution in [1.82, 2.24) is 0 Å². The molecule has 2 rings (SSSR count). The summed E-state index contributed by atoms with van der Waals surface area (Å²) in [5, 5.41) is 5.61. The molecular formula is C18H16ClN3O3. The van der Waals surface area contributed by atoms with Crippen LogP contribution in [0.3, 0.4) is 0 Å². The van der Waals surface area contributed by atoms with Gasteiger partial charge in [0.25, 0.3) is 5.91 Å². The Morgan fingerprint density at radius 3 is 2.36 bits per heavy atom. The first kappa shape index (κ1) is 18.2. The van der Waals surface area contributed by atoms with Crippen LogP contribution in [0.5, 0.6) is 0 Å². The number of hydrogen-bond acceptors (Lipinski definition) is 3. The minimum absolute atomic E-state index is 0.0938. The highest BCUT2D eigenvalue weighted by Crippen LogP contribution is 2.20. The van der Waals surface area contributed by atoms with Crippen molar-refractivity contribution in [3.05, 3.63) is 71.3 Å². The second-order valence-corrected chi connectivity index (χ2v) is 5.61. The second-order valence-electron chi connectivity index (χ2n) is 5.17. The van der Waals surface area contributed by atoms with E-state index in [0.29, 0.717) is 16.4 Å². The first-order valence-corrected chi connectivity index (χ1v) is 7.68. The van der Waals surface area contributed by atoms with Gasteiger partial charge in [-0.1, -0.05) is 30.3 Å². The number of primary amides is 1. The molecule has 4 N–H and O–H groups in total. The van der Waals surface area contributed by atoms with Crippen molar-refractivity contribution in [2.75, 3.05) is 10.6 Å². The number of halogens is 1. The van der Waals surface area contributed by atoms with Crippen molar-refractivity contribution in [2.24, 2.45) is 5.73 Å². The maximum atomic E-state index is 12.2. The Balaban J connectivity index is 2.04. The normalized spacial score (nSPS) is 9.96. The lowest BCUT2D eigenvalue weighted by atomic mass is 10.1. The van der Waals surface area contributed by atoms with Crippen LogP contribution in [-0.4, -0.2) is 17.7 Å². The zero-order valence-electron chi connectivity index (χ0n) is 13.2. The molecule has 0 heterocycles. The predicted octanol–water partition coefficient (Wildman–Crippen LogP) is 2.74. The topological polar surface area (TPSA) is 101 Å². The molecule has 0 spiro atoms. The molecule has 2 aromatic carbocycles. The Morgan fingerprint density at radius 1 is 1.08 bits per heavy atom. The number of anilines is 2. The van der Waals surface area contributed by atoms with Crippen LogP contribution in [0.4, 0.5) is 11.4 Å². The zero-order chi connectivity index (χ0) is 18.4. The van der Waals surface area contributed by atoms with Gasteiger partial charge in [0, 0.05) is 10.7 Å². The molecule has 0 aromatic heterocycles. The Morgan fingerprint density at radius 2 is 1.76 bits per heavy atom. The molecular weight excluding hydrogens is 342 g/mol. The predicted molar refractivity (Wildman–Crippen MR) is 97.6 cm³/mol. The molecule has 0 unspecified atom stereocenters. The van der Waals surface area contributed by atoms with Crippen molar-refractivity contribution >= 4 is 40.7 Å². The summed E-state index contributed by atoms with van der Waals surface area (Å²) >= 11 is 5.83. The molecule has 0 atom stereocenters. The molecule has 3 amide bonds. The van der Waals surface area contributed by atoms with Crippen molar-refractivity contribution in [1.29, 1.82) is 0 Å². The van der Waals surface area contributed by atoms with E-state index in [1.807, 2.05) is 0 Å². The number of amides is 3. The van der Waals surface area contributed by atoms with Gasteiger partial charge in [-0.25, -0.2) is 0 Å². The lowest BCUT2D eigenvalue weighted by Gasteiger charge is -2.10. The zero-order valence-corrected chi connectivity index (χ0v) is 14.0. The average molecular weight is 358 g/mol. The Labute approximate surface area is 149 Å². The molecule has 25 heavy (non-hydrogen) atoms. The van der Waals surface area contributed by atoms with Crippen LogP contribution < -0.4 is 16.4 Å². The summed E-state index contributed by atoms with van der Waals surface area (Å²) in [4.78, 5) is 34.8. The molecule has 7 heteroatoms. The van der Waals surface area contributed by atoms with E-state index in [1.165, 1.54) is 18.2 Å². The minimum Gasteiger partial charge on any atom is -0.366 e. The number of carbonyl (C=O) groups excluding carboxylic acids is 3. The molecule has 2 aromatic rings. The lowest BCUT2D eigenvalue weighted by molar-refractivity contribution is -0.115. The van der Waals surface area contributed by atoms with Gasteiger partial charge in [-0.05, 0) is 42.0 Å². The van der Waals surface area contributed by atoms with Crippen LogP contribution >= 0.6 is 11.6 Å². The highest BCUT2D eigenvalue weighted by atomic mass is 35.5. The van der Waals surface area contributed by atoms with Gasteiger partial charge >= 0.3 is 0 Å². The number of rotatable bonds is 6. The third-order valence-electron chi connectivity index (χ3n) is 3.29. The van der Waals surface area contributed by atoms with Crippen molar-refractivity contribution < 1.29 is 14.4 Å². The molecule has 128 valence electrons. The number of benzene rings is 2. The monoisotopic (exact) mass is 357 g/mol. The van der Waals surface area contributed by atoms with Crippen LogP contribution in [0.1, 0.15) is 15.9 Å². The van der Waals surface area contributed by atoms with Crippen molar-refractivity contribution in [2.45, 2.75) is 6.42 Å². The van der Waals surface area contributed by atoms with E-state index >= 15 is 0 Å². The maximum Gasteiger partial charge on any atom is 0.250 e. The highest BCUT2D eigenvalue weighted by Gasteiger charge is 2.12. The summed E-state index contributed by atoms with van der Waals surface area (Å²) < 4.78 is 0. The lowest BCUT2D eigenvalue weighted by Crippen LogP contribution is -2.19. The smallest absolute Gasteiger partial charge is 0.250 e. The first-order valence-electron chi connectivity index (χ1n) is 7.30. The summed E-state index contributed by atoms with van der Waals surface area (Å²) in [6.45, 7) is 3.37. The van der Waals surface area contributed by atoms with E-state index in [0.717, 1.165) is 5.56 Å². The van der Waals surface area contributed by atoms with E-state index in [9.17, 15) is 14.4 Å². The van der Waals surface area contributed by atoms with Crippen LogP contribution in [-0.2, 0) is 16.0 Å². The third-order valence-corrected chi connectivity index (χ3v) is 3.53. The van der Waals surface area contributed by atoms with Gasteiger partial charge in [0.05, 0.1) is 17.7 Å². The highest BCUT2D eigenvalue weighted by molar-refractivity contribution is 6.31. The molecule has 6 nitrogen and oxygen atoms in total. The fraction of sp³-hybridized carbons (Fsp3) is 0.0556. The molecule has 0 aliphatic heterocycles. The number of nitrogens with one attached hydrogen (secondary N) is 2. The summed E-state index contributed by atoms with van der Waals surface area (Å²) in [6.07, 6.45) is 1.26. The molecule has 0 radical (unpaired) electrons. The molecule has 0 saturated heterocycles. The number of hydrogen-bond donors (Lipinski definition) is 3. The Kier molecular flexibility index (Phi) is 5.92. The first-order chi connectivity index (χ1) is 11.9. The summed E-state index contributed by atoms with van der Waals surface area (Å²) in [7, 11) is 0. The van der Waals surface area contributed by atoms with Crippen molar-refractivity contribution in [3.8, 4) is 0 Å². The van der Waals surface area contributed by atoms with Crippen LogP contribution in [0, 0.1) is 0 Å². The van der Waals surface area contributed by atoms with E-state index in [-0.39, 0.29) is 23.8 Å². The van der Waals surface area contributed by atoms with Crippen LogP contribution in [0.25, 0.3) is 0 Å². The Hall–Kier alpha value is -3.12. The van der Waals surface area contributed by atoms with Crippen LogP contribution in [0.2, 0.25) is 5.02 Å². The molecule has 0 aliphatic carbocycles. The summed E-state index contributed by atoms with van der Waals surface area (Å²) in [5.41, 5.74) is 7.07. The third kappa shape index (κ3) is 5.19. The minimum atomic E-state index is -0.680. The van der Waals surface area contributed by atoms with E-state index in [4.69, 9.17) is 17.3 Å². The standard InChI is InChI=1S/C18H16ClN3O3/c1-2-16(23)21-13-6-3-11(4-7-13)9-17(24)22-15-8-5-12(19)10-14(15)18(20)25/h2-8,10H,1,9H2,(H2,20,25)(H,21,23)(H,22,24). The average Bonchev–Trinajstić information content (AvgIpc) is 2.58. The SMILES string of the molecule is C=CC(=O)Nc1ccc(CC(=O)Nc2ccc(Cl)cc2C(N)=O)cc1. The molecule has 0 fully saturated rings. The van der Waals surface area contributed by atoms with E-state index in [1.54, 1.807) is 30.3 Å². The van der Waals surface area contributed by atoms with Gasteiger partial charge in [-0.3, -0.25) is 14.4 Å². The molecule has 0 saturated carbocycles. The van der Waals surface area contributed by atoms with Gasteiger partial charge in [-0.2, -0.15) is 0 Å². The van der Waals surface area contributed by atoms with Gasteiger partial charge in [-0.15, -0.1) is 0 Å². The van der Waals surface area contributed by atoms with Crippen molar-refractivity contribution in [3.63, 3.8) is 0 Å². The van der Waals surface area contributed by atoms with Gasteiger partial charge < -0.3 is 16.4 Å². The second kappa shape index (κ2) is 8.12. The fourth-order valence-electron chi connectivity index (χ4n) is 2.11. The van der Waals surface area contributed by atoms with Gasteiger partial charge in [0.2, 0.25) is 11.8 Å². The Bertz CT molecular complexity index is 832. The van der Waals surface area contributed by atoms with Crippen LogP contribution in [0.15, 0.2) is 55.1 Å².